The van der Waals surface area contributed by atoms with E-state index in [2.05, 4.69) is 4.99 Å². The summed E-state index contributed by atoms with van der Waals surface area (Å²) in [5, 5.41) is 9.71. The van der Waals surface area contributed by atoms with Crippen LogP contribution in [0.1, 0.15) is 24.8 Å². The number of piperidine rings is 1. The Morgan fingerprint density at radius 2 is 1.95 bits per heavy atom. The Balaban J connectivity index is 1.78. The van der Waals surface area contributed by atoms with Gasteiger partial charge in [-0.25, -0.2) is 0 Å². The van der Waals surface area contributed by atoms with E-state index in [1.165, 1.54) is 12.5 Å². The molecule has 0 unspecified atom stereocenters. The Bertz CT molecular complexity index is 587. The highest BCUT2D eigenvalue weighted by Gasteiger charge is 2.28. The molecule has 1 fully saturated rings. The highest BCUT2D eigenvalue weighted by Crippen LogP contribution is 2.23. The number of carbonyl (C=O) groups is 1. The third kappa shape index (κ3) is 2.52. The summed E-state index contributed by atoms with van der Waals surface area (Å²) in [5.41, 5.74) is 0.547. The van der Waals surface area contributed by atoms with Gasteiger partial charge in [-0.2, -0.15) is 4.99 Å². The molecule has 0 saturated carbocycles. The molecule has 2 heterocycles. The number of amidine groups is 1. The van der Waals surface area contributed by atoms with Crippen LogP contribution in [0.3, 0.4) is 0 Å². The number of hydrogen-bond acceptors (Lipinski definition) is 4. The number of para-hydroxylation sites is 1. The summed E-state index contributed by atoms with van der Waals surface area (Å²) < 4.78 is 5.55. The summed E-state index contributed by atoms with van der Waals surface area (Å²) >= 11 is 0. The van der Waals surface area contributed by atoms with Gasteiger partial charge in [0, 0.05) is 18.7 Å². The van der Waals surface area contributed by atoms with Crippen molar-refractivity contribution in [2.24, 2.45) is 4.99 Å². The highest BCUT2D eigenvalue weighted by atomic mass is 16.5. The van der Waals surface area contributed by atoms with E-state index in [4.69, 9.17) is 4.74 Å². The molecule has 0 aliphatic carbocycles. The van der Waals surface area contributed by atoms with Crippen molar-refractivity contribution >= 4 is 18.0 Å². The fourth-order valence-corrected chi connectivity index (χ4v) is 2.37. The van der Waals surface area contributed by atoms with Crippen LogP contribution in [0.15, 0.2) is 35.0 Å². The van der Waals surface area contributed by atoms with Crippen LogP contribution in [0.5, 0.6) is 5.75 Å². The molecule has 1 N–H and O–H groups in total. The lowest BCUT2D eigenvalue weighted by molar-refractivity contribution is -0.115. The zero-order chi connectivity index (χ0) is 13.9. The fourth-order valence-electron chi connectivity index (χ4n) is 2.37. The average Bonchev–Trinajstić information content (AvgIpc) is 2.84. The number of aliphatic imine (C=N–C) groups is 1. The molecule has 2 aliphatic heterocycles. The van der Waals surface area contributed by atoms with Gasteiger partial charge in [0.05, 0.1) is 0 Å². The minimum Gasteiger partial charge on any atom is -0.507 e. The second kappa shape index (κ2) is 5.36. The highest BCUT2D eigenvalue weighted by molar-refractivity contribution is 6.08. The van der Waals surface area contributed by atoms with Crippen molar-refractivity contribution in [3.63, 3.8) is 0 Å². The van der Waals surface area contributed by atoms with Gasteiger partial charge in [-0.05, 0) is 31.4 Å². The largest absolute Gasteiger partial charge is 0.507 e. The zero-order valence-electron chi connectivity index (χ0n) is 11.1. The number of likely N-dealkylation sites (tertiary alicyclic amines) is 1. The molecule has 1 aromatic rings. The first-order valence-electron chi connectivity index (χ1n) is 6.79. The maximum Gasteiger partial charge on any atom is 0.317 e. The van der Waals surface area contributed by atoms with Crippen molar-refractivity contribution in [1.29, 1.82) is 0 Å². The average molecular weight is 272 g/mol. The smallest absolute Gasteiger partial charge is 0.317 e. The lowest BCUT2D eigenvalue weighted by atomic mass is 10.1. The van der Waals surface area contributed by atoms with Crippen LogP contribution in [0.2, 0.25) is 0 Å². The van der Waals surface area contributed by atoms with Gasteiger partial charge >= 0.3 is 11.9 Å². The van der Waals surface area contributed by atoms with Gasteiger partial charge in [-0.15, -0.1) is 0 Å². The van der Waals surface area contributed by atoms with Crippen LogP contribution in [0, 0.1) is 0 Å². The van der Waals surface area contributed by atoms with E-state index >= 15 is 0 Å². The molecule has 1 aromatic carbocycles. The minimum absolute atomic E-state index is 0.114. The number of ether oxygens (including phenoxy) is 1. The molecule has 0 atom stereocenters. The molecule has 5 nitrogen and oxygen atoms in total. The van der Waals surface area contributed by atoms with Gasteiger partial charge in [-0.3, -0.25) is 4.79 Å². The minimum atomic E-state index is -0.395. The third-order valence-corrected chi connectivity index (χ3v) is 3.46. The Morgan fingerprint density at radius 3 is 2.70 bits per heavy atom. The van der Waals surface area contributed by atoms with Gasteiger partial charge in [0.25, 0.3) is 0 Å². The van der Waals surface area contributed by atoms with Crippen LogP contribution in [0.25, 0.3) is 6.08 Å². The molecular formula is C15H16N2O3. The number of nitrogens with zero attached hydrogens (tertiary/aromatic N) is 2. The van der Waals surface area contributed by atoms with E-state index in [9.17, 15) is 9.90 Å². The van der Waals surface area contributed by atoms with E-state index in [1.54, 1.807) is 24.3 Å². The lowest BCUT2D eigenvalue weighted by Crippen LogP contribution is -2.35. The maximum atomic E-state index is 11.9. The SMILES string of the molecule is O=C1N=C(N2CCCCC2)O/C1=C\c1ccccc1O. The monoisotopic (exact) mass is 272 g/mol. The Labute approximate surface area is 117 Å². The van der Waals surface area contributed by atoms with Crippen molar-refractivity contribution in [2.45, 2.75) is 19.3 Å². The summed E-state index contributed by atoms with van der Waals surface area (Å²) in [6, 6.07) is 7.19. The fraction of sp³-hybridized carbons (Fsp3) is 0.333. The third-order valence-electron chi connectivity index (χ3n) is 3.46. The lowest BCUT2D eigenvalue weighted by Gasteiger charge is -2.26. The second-order valence-electron chi connectivity index (χ2n) is 4.92. The van der Waals surface area contributed by atoms with E-state index in [0.717, 1.165) is 25.9 Å². The van der Waals surface area contributed by atoms with Crippen molar-refractivity contribution in [1.82, 2.24) is 4.90 Å². The van der Waals surface area contributed by atoms with E-state index in [1.807, 2.05) is 4.90 Å². The summed E-state index contributed by atoms with van der Waals surface area (Å²) in [6.45, 7) is 1.74. The van der Waals surface area contributed by atoms with Gasteiger partial charge in [0.2, 0.25) is 0 Å². The number of phenolic OH excluding ortho intramolecular Hbond substituents is 1. The number of hydrogen-bond donors (Lipinski definition) is 1. The van der Waals surface area contributed by atoms with Crippen molar-refractivity contribution in [3.05, 3.63) is 35.6 Å². The molecular weight excluding hydrogens is 256 g/mol. The van der Waals surface area contributed by atoms with Crippen LogP contribution in [-0.2, 0) is 9.53 Å². The van der Waals surface area contributed by atoms with Crippen LogP contribution in [-0.4, -0.2) is 35.0 Å². The van der Waals surface area contributed by atoms with Crippen LogP contribution in [0.4, 0.5) is 0 Å². The quantitative estimate of drug-likeness (QED) is 0.796. The predicted molar refractivity (Wildman–Crippen MR) is 75.0 cm³/mol. The van der Waals surface area contributed by atoms with Crippen LogP contribution < -0.4 is 0 Å². The van der Waals surface area contributed by atoms with E-state index < -0.39 is 5.91 Å². The maximum absolute atomic E-state index is 11.9. The van der Waals surface area contributed by atoms with E-state index in [0.29, 0.717) is 11.6 Å². The molecule has 0 bridgehead atoms. The molecule has 20 heavy (non-hydrogen) atoms. The van der Waals surface area contributed by atoms with Gasteiger partial charge in [-0.1, -0.05) is 18.2 Å². The normalized spacial score (nSPS) is 21.0. The molecule has 104 valence electrons. The number of rotatable bonds is 1. The van der Waals surface area contributed by atoms with E-state index in [-0.39, 0.29) is 11.5 Å². The molecule has 5 heteroatoms. The summed E-state index contributed by atoms with van der Waals surface area (Å²) in [6.07, 6.45) is 4.92. The molecule has 1 saturated heterocycles. The second-order valence-corrected chi connectivity index (χ2v) is 4.92. The number of benzene rings is 1. The molecule has 2 aliphatic rings. The molecule has 0 radical (unpaired) electrons. The number of carbonyl (C=O) groups excluding carboxylic acids is 1. The Morgan fingerprint density at radius 1 is 1.20 bits per heavy atom. The Kier molecular flexibility index (Phi) is 3.41. The van der Waals surface area contributed by atoms with Gasteiger partial charge in [0.1, 0.15) is 5.75 Å². The molecule has 3 rings (SSSR count). The molecule has 1 amide bonds. The van der Waals surface area contributed by atoms with Crippen molar-refractivity contribution in [3.8, 4) is 5.75 Å². The number of amides is 1. The Hall–Kier alpha value is -2.30. The molecule has 0 aromatic heterocycles. The van der Waals surface area contributed by atoms with Crippen molar-refractivity contribution < 1.29 is 14.6 Å². The van der Waals surface area contributed by atoms with Crippen molar-refractivity contribution in [2.75, 3.05) is 13.1 Å². The first-order chi connectivity index (χ1) is 9.74. The van der Waals surface area contributed by atoms with Gasteiger partial charge < -0.3 is 14.7 Å². The zero-order valence-corrected chi connectivity index (χ0v) is 11.1. The standard InChI is InChI=1S/C15H16N2O3/c18-12-7-3-2-6-11(12)10-13-14(19)16-15(20-13)17-8-4-1-5-9-17/h2-3,6-7,10,18H,1,4-5,8-9H2/b13-10-. The summed E-state index contributed by atoms with van der Waals surface area (Å²) in [5.74, 6) is -0.122. The first kappa shape index (κ1) is 12.7. The number of phenols is 1. The summed E-state index contributed by atoms with van der Waals surface area (Å²) in [4.78, 5) is 17.8. The van der Waals surface area contributed by atoms with Gasteiger partial charge in [0.15, 0.2) is 5.76 Å². The first-order valence-corrected chi connectivity index (χ1v) is 6.79. The molecule has 0 spiro atoms. The predicted octanol–water partition coefficient (Wildman–Crippen LogP) is 2.13. The topological polar surface area (TPSA) is 62.1 Å². The van der Waals surface area contributed by atoms with Crippen LogP contribution >= 0.6 is 0 Å². The number of aromatic hydroxyl groups is 1. The summed E-state index contributed by atoms with van der Waals surface area (Å²) in [7, 11) is 0.